The molecule has 0 bridgehead atoms. The summed E-state index contributed by atoms with van der Waals surface area (Å²) < 4.78 is 17.2. The average Bonchev–Trinajstić information content (AvgIpc) is 2.76. The molecular formula is C24H22N2O3. The molecule has 5 heteroatoms. The molecule has 0 aliphatic heterocycles. The number of ether oxygens (including phenoxy) is 3. The number of methoxy groups -OCH3 is 2. The first kappa shape index (κ1) is 18.7. The van der Waals surface area contributed by atoms with Gasteiger partial charge >= 0.3 is 0 Å². The zero-order chi connectivity index (χ0) is 20.4. The van der Waals surface area contributed by atoms with Gasteiger partial charge in [-0.3, -0.25) is 4.98 Å². The fourth-order valence-corrected chi connectivity index (χ4v) is 3.22. The highest BCUT2D eigenvalue weighted by atomic mass is 16.5. The molecule has 2 heterocycles. The minimum atomic E-state index is 0.624. The summed E-state index contributed by atoms with van der Waals surface area (Å²) >= 11 is 0. The summed E-state index contributed by atoms with van der Waals surface area (Å²) in [4.78, 5) is 9.24. The van der Waals surface area contributed by atoms with Crippen LogP contribution in [0.5, 0.6) is 23.0 Å². The van der Waals surface area contributed by atoms with Crippen LogP contribution in [0.1, 0.15) is 11.3 Å². The number of rotatable bonds is 5. The SMILES string of the molecule is COc1cc2nccc(Oc3cc(C)c(C)nc3-c3ccccc3)c2cc1OC. The molecule has 4 rings (SSSR count). The van der Waals surface area contributed by atoms with Crippen LogP contribution < -0.4 is 14.2 Å². The monoisotopic (exact) mass is 386 g/mol. The predicted molar refractivity (Wildman–Crippen MR) is 114 cm³/mol. The Bertz CT molecular complexity index is 1170. The lowest BCUT2D eigenvalue weighted by Crippen LogP contribution is -1.97. The largest absolute Gasteiger partial charge is 0.493 e. The first-order valence-electron chi connectivity index (χ1n) is 9.33. The molecule has 29 heavy (non-hydrogen) atoms. The minimum Gasteiger partial charge on any atom is -0.493 e. The Morgan fingerprint density at radius 3 is 2.21 bits per heavy atom. The normalized spacial score (nSPS) is 10.8. The fraction of sp³-hybridized carbons (Fsp3) is 0.167. The van der Waals surface area contributed by atoms with Crippen LogP contribution in [-0.2, 0) is 0 Å². The summed E-state index contributed by atoms with van der Waals surface area (Å²) in [5.41, 5.74) is 4.61. The van der Waals surface area contributed by atoms with Gasteiger partial charge in [-0.2, -0.15) is 0 Å². The summed E-state index contributed by atoms with van der Waals surface area (Å²) in [7, 11) is 3.22. The third-order valence-corrected chi connectivity index (χ3v) is 4.91. The summed E-state index contributed by atoms with van der Waals surface area (Å²) in [5, 5.41) is 0.836. The molecule has 0 spiro atoms. The average molecular weight is 386 g/mol. The van der Waals surface area contributed by atoms with Gasteiger partial charge in [-0.25, -0.2) is 4.98 Å². The van der Waals surface area contributed by atoms with Crippen LogP contribution in [0.2, 0.25) is 0 Å². The third-order valence-electron chi connectivity index (χ3n) is 4.91. The Morgan fingerprint density at radius 2 is 1.48 bits per heavy atom. The molecule has 0 fully saturated rings. The van der Waals surface area contributed by atoms with E-state index in [2.05, 4.69) is 4.98 Å². The maximum absolute atomic E-state index is 6.39. The number of aromatic nitrogens is 2. The van der Waals surface area contributed by atoms with Crippen LogP contribution >= 0.6 is 0 Å². The highest BCUT2D eigenvalue weighted by molar-refractivity contribution is 5.88. The highest BCUT2D eigenvalue weighted by Gasteiger charge is 2.15. The number of benzene rings is 2. The Labute approximate surface area is 169 Å². The van der Waals surface area contributed by atoms with E-state index in [4.69, 9.17) is 19.2 Å². The van der Waals surface area contributed by atoms with Crippen LogP contribution in [-0.4, -0.2) is 24.2 Å². The van der Waals surface area contributed by atoms with Crippen molar-refractivity contribution in [2.24, 2.45) is 0 Å². The standard InChI is InChI=1S/C24H22N2O3/c1-15-12-23(24(26-16(15)2)17-8-6-5-7-9-17)29-20-10-11-25-19-14-22(28-4)21(27-3)13-18(19)20/h5-14H,1-4H3. The summed E-state index contributed by atoms with van der Waals surface area (Å²) in [6.45, 7) is 4.03. The molecule has 0 aliphatic carbocycles. The predicted octanol–water partition coefficient (Wildman–Crippen LogP) is 5.72. The van der Waals surface area contributed by atoms with E-state index in [-0.39, 0.29) is 0 Å². The second-order valence-electron chi connectivity index (χ2n) is 6.74. The number of pyridine rings is 2. The van der Waals surface area contributed by atoms with E-state index in [0.717, 1.165) is 33.4 Å². The van der Waals surface area contributed by atoms with Crippen LogP contribution in [0.15, 0.2) is 60.8 Å². The molecule has 0 saturated heterocycles. The second-order valence-corrected chi connectivity index (χ2v) is 6.74. The zero-order valence-electron chi connectivity index (χ0n) is 16.9. The van der Waals surface area contributed by atoms with Crippen molar-refractivity contribution in [2.45, 2.75) is 13.8 Å². The van der Waals surface area contributed by atoms with Crippen molar-refractivity contribution < 1.29 is 14.2 Å². The summed E-state index contributed by atoms with van der Waals surface area (Å²) in [6, 6.07) is 17.6. The lowest BCUT2D eigenvalue weighted by atomic mass is 10.1. The van der Waals surface area contributed by atoms with Gasteiger partial charge in [0.1, 0.15) is 11.4 Å². The van der Waals surface area contributed by atoms with Gasteiger partial charge < -0.3 is 14.2 Å². The van der Waals surface area contributed by atoms with Crippen molar-refractivity contribution in [1.82, 2.24) is 9.97 Å². The zero-order valence-corrected chi connectivity index (χ0v) is 16.9. The molecule has 0 unspecified atom stereocenters. The highest BCUT2D eigenvalue weighted by Crippen LogP contribution is 2.39. The van der Waals surface area contributed by atoms with Crippen LogP contribution in [0, 0.1) is 13.8 Å². The molecule has 2 aromatic carbocycles. The molecule has 0 saturated carbocycles. The van der Waals surface area contributed by atoms with Gasteiger partial charge in [-0.05, 0) is 37.6 Å². The second kappa shape index (κ2) is 7.80. The van der Waals surface area contributed by atoms with E-state index in [1.54, 1.807) is 20.4 Å². The topological polar surface area (TPSA) is 53.5 Å². The van der Waals surface area contributed by atoms with Crippen molar-refractivity contribution in [1.29, 1.82) is 0 Å². The van der Waals surface area contributed by atoms with Crippen LogP contribution in [0.3, 0.4) is 0 Å². The molecule has 0 amide bonds. The molecule has 0 radical (unpaired) electrons. The lowest BCUT2D eigenvalue weighted by Gasteiger charge is -2.15. The number of aryl methyl sites for hydroxylation is 2. The molecular weight excluding hydrogens is 364 g/mol. The van der Waals surface area contributed by atoms with Gasteiger partial charge in [0.15, 0.2) is 17.2 Å². The van der Waals surface area contributed by atoms with Gasteiger partial charge in [0.25, 0.3) is 0 Å². The number of hydrogen-bond donors (Lipinski definition) is 0. The van der Waals surface area contributed by atoms with Gasteiger partial charge in [0.2, 0.25) is 0 Å². The number of hydrogen-bond acceptors (Lipinski definition) is 5. The van der Waals surface area contributed by atoms with E-state index >= 15 is 0 Å². The molecule has 2 aromatic heterocycles. The Morgan fingerprint density at radius 1 is 0.759 bits per heavy atom. The molecule has 146 valence electrons. The third kappa shape index (κ3) is 3.59. The Balaban J connectivity index is 1.86. The smallest absolute Gasteiger partial charge is 0.162 e. The van der Waals surface area contributed by atoms with Crippen molar-refractivity contribution in [3.63, 3.8) is 0 Å². The fourth-order valence-electron chi connectivity index (χ4n) is 3.22. The molecule has 0 aliphatic rings. The van der Waals surface area contributed by atoms with Crippen molar-refractivity contribution >= 4 is 10.9 Å². The number of fused-ring (bicyclic) bond motifs is 1. The van der Waals surface area contributed by atoms with Crippen molar-refractivity contribution in [2.75, 3.05) is 14.2 Å². The van der Waals surface area contributed by atoms with Gasteiger partial charge in [0.05, 0.1) is 19.7 Å². The maximum atomic E-state index is 6.39. The Kier molecular flexibility index (Phi) is 5.04. The molecule has 0 atom stereocenters. The first-order valence-corrected chi connectivity index (χ1v) is 9.33. The van der Waals surface area contributed by atoms with E-state index in [1.807, 2.05) is 68.4 Å². The molecule has 0 N–H and O–H groups in total. The van der Waals surface area contributed by atoms with E-state index in [1.165, 1.54) is 0 Å². The van der Waals surface area contributed by atoms with Gasteiger partial charge in [-0.1, -0.05) is 30.3 Å². The maximum Gasteiger partial charge on any atom is 0.162 e. The van der Waals surface area contributed by atoms with E-state index < -0.39 is 0 Å². The van der Waals surface area contributed by atoms with Crippen molar-refractivity contribution in [3.8, 4) is 34.3 Å². The minimum absolute atomic E-state index is 0.624. The summed E-state index contributed by atoms with van der Waals surface area (Å²) in [5.74, 6) is 2.63. The quantitative estimate of drug-likeness (QED) is 0.439. The first-order chi connectivity index (χ1) is 14.1. The van der Waals surface area contributed by atoms with E-state index in [0.29, 0.717) is 23.0 Å². The van der Waals surface area contributed by atoms with E-state index in [9.17, 15) is 0 Å². The molecule has 4 aromatic rings. The van der Waals surface area contributed by atoms with Crippen LogP contribution in [0.4, 0.5) is 0 Å². The lowest BCUT2D eigenvalue weighted by molar-refractivity contribution is 0.355. The van der Waals surface area contributed by atoms with Crippen molar-refractivity contribution in [3.05, 3.63) is 72.1 Å². The molecule has 5 nitrogen and oxygen atoms in total. The summed E-state index contributed by atoms with van der Waals surface area (Å²) in [6.07, 6.45) is 1.72. The Hall–Kier alpha value is -3.60. The number of nitrogens with zero attached hydrogens (tertiary/aromatic N) is 2. The van der Waals surface area contributed by atoms with Gasteiger partial charge in [0, 0.05) is 28.9 Å². The van der Waals surface area contributed by atoms with Crippen LogP contribution in [0.25, 0.3) is 22.2 Å². The van der Waals surface area contributed by atoms with Gasteiger partial charge in [-0.15, -0.1) is 0 Å².